The molecule has 0 aliphatic rings. The second-order valence-electron chi connectivity index (χ2n) is 4.01. The largest absolute Gasteiger partial charge is 0.477 e. The van der Waals surface area contributed by atoms with Gasteiger partial charge in [0.1, 0.15) is 11.4 Å². The maximum atomic E-state index is 13.8. The van der Waals surface area contributed by atoms with Gasteiger partial charge in [-0.2, -0.15) is 0 Å². The molecule has 2 rings (SSSR count). The summed E-state index contributed by atoms with van der Waals surface area (Å²) in [6.45, 7) is 1.78. The van der Waals surface area contributed by atoms with E-state index >= 15 is 0 Å². The lowest BCUT2D eigenvalue weighted by Gasteiger charge is -2.04. The Labute approximate surface area is 122 Å². The number of carboxylic acid groups (broad SMARTS) is 1. The third-order valence-electron chi connectivity index (χ3n) is 2.44. The van der Waals surface area contributed by atoms with Crippen LogP contribution in [0.5, 0.6) is 0 Å². The number of rotatable bonds is 4. The molecule has 0 aliphatic carbocycles. The normalized spacial score (nSPS) is 10.4. The molecule has 7 nitrogen and oxygen atoms in total. The summed E-state index contributed by atoms with van der Waals surface area (Å²) in [6, 6.07) is 1.49. The monoisotopic (exact) mass is 309 g/mol. The minimum Gasteiger partial charge on any atom is -0.477 e. The summed E-state index contributed by atoms with van der Waals surface area (Å²) in [5, 5.41) is 19.9. The number of halogens is 1. The number of hydrogen-bond donors (Lipinski definition) is 1. The molecule has 0 unspecified atom stereocenters. The van der Waals surface area contributed by atoms with E-state index in [2.05, 4.69) is 9.97 Å². The topological polar surface area (TPSA) is 106 Å². The molecule has 1 aromatic carbocycles. The van der Waals surface area contributed by atoms with Crippen LogP contribution in [0.25, 0.3) is 0 Å². The zero-order valence-corrected chi connectivity index (χ0v) is 11.4. The summed E-state index contributed by atoms with van der Waals surface area (Å²) in [5.74, 6) is -2.41. The molecule has 0 spiro atoms. The van der Waals surface area contributed by atoms with Crippen molar-refractivity contribution in [2.75, 3.05) is 0 Å². The highest BCUT2D eigenvalue weighted by atomic mass is 32.2. The molecule has 0 saturated heterocycles. The number of aryl methyl sites for hydroxylation is 1. The third-order valence-corrected chi connectivity index (χ3v) is 3.36. The average Bonchev–Trinajstić information content (AvgIpc) is 2.42. The number of hydrogen-bond acceptors (Lipinski definition) is 6. The van der Waals surface area contributed by atoms with Gasteiger partial charge >= 0.3 is 5.97 Å². The van der Waals surface area contributed by atoms with E-state index in [9.17, 15) is 19.3 Å². The quantitative estimate of drug-likeness (QED) is 0.525. The van der Waals surface area contributed by atoms with E-state index < -0.39 is 28.0 Å². The maximum Gasteiger partial charge on any atom is 0.342 e. The van der Waals surface area contributed by atoms with Crippen molar-refractivity contribution in [3.05, 3.63) is 51.6 Å². The number of nitro benzene ring substituents is 1. The van der Waals surface area contributed by atoms with E-state index in [1.807, 2.05) is 0 Å². The molecule has 0 atom stereocenters. The first-order chi connectivity index (χ1) is 9.88. The van der Waals surface area contributed by atoms with Gasteiger partial charge < -0.3 is 5.11 Å². The van der Waals surface area contributed by atoms with Gasteiger partial charge in [0.25, 0.3) is 5.69 Å². The van der Waals surface area contributed by atoms with Crippen LogP contribution in [0.4, 0.5) is 10.1 Å². The fourth-order valence-electron chi connectivity index (χ4n) is 1.48. The van der Waals surface area contributed by atoms with Crippen LogP contribution < -0.4 is 0 Å². The first kappa shape index (κ1) is 14.9. The molecular formula is C12H8FN3O4S. The lowest BCUT2D eigenvalue weighted by atomic mass is 10.2. The highest BCUT2D eigenvalue weighted by molar-refractivity contribution is 7.99. The van der Waals surface area contributed by atoms with Gasteiger partial charge in [0.05, 0.1) is 15.9 Å². The van der Waals surface area contributed by atoms with Gasteiger partial charge in [-0.25, -0.2) is 19.2 Å². The Hall–Kier alpha value is -2.55. The zero-order valence-electron chi connectivity index (χ0n) is 10.6. The van der Waals surface area contributed by atoms with Gasteiger partial charge in [0.15, 0.2) is 5.16 Å². The second kappa shape index (κ2) is 5.83. The van der Waals surface area contributed by atoms with Crippen molar-refractivity contribution in [3.63, 3.8) is 0 Å². The van der Waals surface area contributed by atoms with Gasteiger partial charge in [-0.1, -0.05) is 0 Å². The minimum atomic E-state index is -1.51. The molecule has 0 saturated carbocycles. The average molecular weight is 309 g/mol. The molecular weight excluding hydrogens is 301 g/mol. The lowest BCUT2D eigenvalue weighted by molar-refractivity contribution is -0.385. The Morgan fingerprint density at radius 2 is 2.00 bits per heavy atom. The van der Waals surface area contributed by atoms with Crippen LogP contribution in [0, 0.1) is 22.9 Å². The smallest absolute Gasteiger partial charge is 0.342 e. The van der Waals surface area contributed by atoms with Crippen molar-refractivity contribution in [1.82, 2.24) is 9.97 Å². The first-order valence-electron chi connectivity index (χ1n) is 5.56. The van der Waals surface area contributed by atoms with Crippen molar-refractivity contribution >= 4 is 23.4 Å². The summed E-state index contributed by atoms with van der Waals surface area (Å²) in [7, 11) is 0. The van der Waals surface area contributed by atoms with E-state index in [1.54, 1.807) is 6.92 Å². The summed E-state index contributed by atoms with van der Waals surface area (Å²) in [4.78, 5) is 28.6. The molecule has 21 heavy (non-hydrogen) atoms. The standard InChI is InChI=1S/C12H8FN3O4S/c1-6-4-14-12(15-5-6)21-10-2-7(11(17)18)9(16(19)20)3-8(10)13/h2-5H,1H3,(H,17,18). The van der Waals surface area contributed by atoms with Crippen molar-refractivity contribution < 1.29 is 19.2 Å². The fourth-order valence-corrected chi connectivity index (χ4v) is 2.22. The Morgan fingerprint density at radius 1 is 1.38 bits per heavy atom. The Kier molecular flexibility index (Phi) is 4.13. The molecule has 108 valence electrons. The van der Waals surface area contributed by atoms with Gasteiger partial charge in [0, 0.05) is 12.4 Å². The van der Waals surface area contributed by atoms with Crippen molar-refractivity contribution in [1.29, 1.82) is 0 Å². The van der Waals surface area contributed by atoms with Crippen LogP contribution >= 0.6 is 11.8 Å². The Bertz CT molecular complexity index is 721. The SMILES string of the molecule is Cc1cnc(Sc2cc(C(=O)O)c([N+](=O)[O-])cc2F)nc1. The van der Waals surface area contributed by atoms with Crippen LogP contribution in [0.2, 0.25) is 0 Å². The predicted octanol–water partition coefficient (Wildman–Crippen LogP) is 2.68. The number of carboxylic acids is 1. The fraction of sp³-hybridized carbons (Fsp3) is 0.0833. The van der Waals surface area contributed by atoms with Gasteiger partial charge in [-0.05, 0) is 30.3 Å². The van der Waals surface area contributed by atoms with Crippen molar-refractivity contribution in [2.45, 2.75) is 17.0 Å². The Morgan fingerprint density at radius 3 is 2.52 bits per heavy atom. The maximum absolute atomic E-state index is 13.8. The van der Waals surface area contributed by atoms with E-state index in [-0.39, 0.29) is 10.1 Å². The molecule has 0 radical (unpaired) electrons. The molecule has 1 N–H and O–H groups in total. The third kappa shape index (κ3) is 3.31. The molecule has 0 aliphatic heterocycles. The van der Waals surface area contributed by atoms with Gasteiger partial charge in [0.2, 0.25) is 0 Å². The summed E-state index contributed by atoms with van der Waals surface area (Å²) in [5.41, 5.74) is -0.570. The van der Waals surface area contributed by atoms with Gasteiger partial charge in [-0.3, -0.25) is 10.1 Å². The molecule has 0 amide bonds. The number of nitro groups is 1. The second-order valence-corrected chi connectivity index (χ2v) is 5.02. The zero-order chi connectivity index (χ0) is 15.6. The molecule has 0 fully saturated rings. The number of aromatic nitrogens is 2. The highest BCUT2D eigenvalue weighted by Crippen LogP contribution is 2.32. The number of aromatic carboxylic acids is 1. The number of carbonyl (C=O) groups is 1. The van der Waals surface area contributed by atoms with Crippen LogP contribution in [-0.4, -0.2) is 26.0 Å². The highest BCUT2D eigenvalue weighted by Gasteiger charge is 2.24. The summed E-state index contributed by atoms with van der Waals surface area (Å²) >= 11 is 0.792. The van der Waals surface area contributed by atoms with Crippen LogP contribution in [0.3, 0.4) is 0 Å². The number of nitrogens with zero attached hydrogens (tertiary/aromatic N) is 3. The van der Waals surface area contributed by atoms with E-state index in [4.69, 9.17) is 5.11 Å². The summed E-state index contributed by atoms with van der Waals surface area (Å²) in [6.07, 6.45) is 3.05. The molecule has 9 heteroatoms. The molecule has 1 heterocycles. The van der Waals surface area contributed by atoms with E-state index in [0.29, 0.717) is 6.07 Å². The number of benzene rings is 1. The van der Waals surface area contributed by atoms with Gasteiger partial charge in [-0.15, -0.1) is 0 Å². The van der Waals surface area contributed by atoms with Crippen LogP contribution in [0.15, 0.2) is 34.6 Å². The van der Waals surface area contributed by atoms with E-state index in [1.165, 1.54) is 12.4 Å². The summed E-state index contributed by atoms with van der Waals surface area (Å²) < 4.78 is 13.8. The lowest BCUT2D eigenvalue weighted by Crippen LogP contribution is -2.04. The van der Waals surface area contributed by atoms with Crippen LogP contribution in [-0.2, 0) is 0 Å². The minimum absolute atomic E-state index is 0.0955. The molecule has 0 bridgehead atoms. The first-order valence-corrected chi connectivity index (χ1v) is 6.38. The van der Waals surface area contributed by atoms with E-state index in [0.717, 1.165) is 23.4 Å². The molecule has 2 aromatic rings. The predicted molar refractivity (Wildman–Crippen MR) is 70.9 cm³/mol. The van der Waals surface area contributed by atoms with Crippen LogP contribution in [0.1, 0.15) is 15.9 Å². The van der Waals surface area contributed by atoms with Crippen molar-refractivity contribution in [2.24, 2.45) is 0 Å². The molecule has 1 aromatic heterocycles. The Balaban J connectivity index is 2.44. The van der Waals surface area contributed by atoms with Crippen molar-refractivity contribution in [3.8, 4) is 0 Å².